The van der Waals surface area contributed by atoms with Crippen LogP contribution in [-0.2, 0) is 0 Å². The Hall–Kier alpha value is -1.24. The number of hydrogen-bond acceptors (Lipinski definition) is 2. The molecule has 8 heavy (non-hydrogen) atoms. The predicted octanol–water partition coefficient (Wildman–Crippen LogP) is -0.399. The molecular formula is C4H8N4. The third-order valence-corrected chi connectivity index (χ3v) is 0.534. The maximum Gasteiger partial charge on any atom is 0.201 e. The highest BCUT2D eigenvalue weighted by molar-refractivity contribution is 5.77. The lowest BCUT2D eigenvalue weighted by atomic mass is 10.7. The minimum Gasteiger partial charge on any atom is -0.356 e. The quantitative estimate of drug-likeness (QED) is 0.187. The van der Waals surface area contributed by atoms with Crippen LogP contribution in [0.5, 0.6) is 0 Å². The molecule has 0 unspecified atom stereocenters. The molecule has 3 N–H and O–H groups in total. The lowest BCUT2D eigenvalue weighted by molar-refractivity contribution is 0.918. The molecule has 0 saturated carbocycles. The monoisotopic (exact) mass is 112 g/mol. The van der Waals surface area contributed by atoms with Gasteiger partial charge in [0.15, 0.2) is 6.19 Å². The Morgan fingerprint density at radius 3 is 2.88 bits per heavy atom. The van der Waals surface area contributed by atoms with Gasteiger partial charge in [0.05, 0.1) is 0 Å². The van der Waals surface area contributed by atoms with E-state index in [1.807, 2.05) is 6.92 Å². The second-order valence-electron chi connectivity index (χ2n) is 1.14. The predicted molar refractivity (Wildman–Crippen MR) is 30.2 cm³/mol. The number of hydrogen-bond donors (Lipinski definition) is 3. The maximum atomic E-state index is 7.92. The van der Waals surface area contributed by atoms with Crippen molar-refractivity contribution in [1.29, 1.82) is 10.7 Å². The molecule has 0 fully saturated rings. The molecule has 0 radical (unpaired) electrons. The lowest BCUT2D eigenvalue weighted by Gasteiger charge is -1.98. The minimum absolute atomic E-state index is 0.0509. The van der Waals surface area contributed by atoms with Gasteiger partial charge in [0.2, 0.25) is 5.96 Å². The Morgan fingerprint density at radius 1 is 1.88 bits per heavy atom. The molecule has 0 aliphatic carbocycles. The molecule has 0 aromatic heterocycles. The van der Waals surface area contributed by atoms with Gasteiger partial charge in [-0.3, -0.25) is 10.7 Å². The second-order valence-corrected chi connectivity index (χ2v) is 1.14. The van der Waals surface area contributed by atoms with E-state index >= 15 is 0 Å². The highest BCUT2D eigenvalue weighted by Gasteiger charge is 1.84. The highest BCUT2D eigenvalue weighted by Crippen LogP contribution is 1.54. The Morgan fingerprint density at radius 2 is 2.50 bits per heavy atom. The molecular weight excluding hydrogens is 104 g/mol. The molecule has 44 valence electrons. The number of nitrogens with one attached hydrogen (secondary N) is 3. The van der Waals surface area contributed by atoms with Crippen molar-refractivity contribution in [3.05, 3.63) is 0 Å². The smallest absolute Gasteiger partial charge is 0.201 e. The lowest BCUT2D eigenvalue weighted by Crippen LogP contribution is -2.32. The average Bonchev–Trinajstić information content (AvgIpc) is 1.68. The maximum absolute atomic E-state index is 7.92. The van der Waals surface area contributed by atoms with Crippen LogP contribution >= 0.6 is 0 Å². The summed E-state index contributed by atoms with van der Waals surface area (Å²) in [5.74, 6) is 0.0509. The van der Waals surface area contributed by atoms with Crippen molar-refractivity contribution >= 4 is 5.96 Å². The van der Waals surface area contributed by atoms with E-state index < -0.39 is 0 Å². The molecule has 0 aromatic rings. The van der Waals surface area contributed by atoms with Gasteiger partial charge in [0.25, 0.3) is 0 Å². The van der Waals surface area contributed by atoms with Gasteiger partial charge in [0.1, 0.15) is 0 Å². The molecule has 0 heterocycles. The largest absolute Gasteiger partial charge is 0.356 e. The number of guanidine groups is 1. The van der Waals surface area contributed by atoms with E-state index in [1.54, 1.807) is 6.19 Å². The van der Waals surface area contributed by atoms with E-state index in [1.165, 1.54) is 0 Å². The summed E-state index contributed by atoms with van der Waals surface area (Å²) in [5, 5.41) is 19.5. The topological polar surface area (TPSA) is 71.7 Å². The van der Waals surface area contributed by atoms with Crippen molar-refractivity contribution in [2.75, 3.05) is 6.54 Å². The fraction of sp³-hybridized carbons (Fsp3) is 0.500. The van der Waals surface area contributed by atoms with Gasteiger partial charge >= 0.3 is 0 Å². The Kier molecular flexibility index (Phi) is 3.32. The second kappa shape index (κ2) is 3.93. The van der Waals surface area contributed by atoms with Crippen LogP contribution in [0.2, 0.25) is 0 Å². The number of nitriles is 1. The van der Waals surface area contributed by atoms with Crippen molar-refractivity contribution in [1.82, 2.24) is 10.6 Å². The van der Waals surface area contributed by atoms with Gasteiger partial charge in [-0.15, -0.1) is 0 Å². The Labute approximate surface area is 48.0 Å². The Bertz CT molecular complexity index is 112. The van der Waals surface area contributed by atoms with Gasteiger partial charge in [-0.2, -0.15) is 5.26 Å². The molecule has 4 nitrogen and oxygen atoms in total. The normalized spacial score (nSPS) is 7.00. The summed E-state index contributed by atoms with van der Waals surface area (Å²) < 4.78 is 0. The molecule has 0 bridgehead atoms. The van der Waals surface area contributed by atoms with Crippen LogP contribution in [0.4, 0.5) is 0 Å². The fourth-order valence-corrected chi connectivity index (χ4v) is 0.277. The van der Waals surface area contributed by atoms with Crippen LogP contribution in [0.15, 0.2) is 0 Å². The van der Waals surface area contributed by atoms with Crippen molar-refractivity contribution < 1.29 is 0 Å². The van der Waals surface area contributed by atoms with Crippen molar-refractivity contribution in [3.8, 4) is 6.19 Å². The zero-order valence-electron chi connectivity index (χ0n) is 4.65. The van der Waals surface area contributed by atoms with Crippen LogP contribution in [0, 0.1) is 16.9 Å². The number of rotatable bonds is 1. The first-order valence-electron chi connectivity index (χ1n) is 2.28. The molecule has 0 amide bonds. The van der Waals surface area contributed by atoms with Crippen LogP contribution in [0.25, 0.3) is 0 Å². The zero-order valence-corrected chi connectivity index (χ0v) is 4.65. The van der Waals surface area contributed by atoms with E-state index in [2.05, 4.69) is 10.6 Å². The zero-order chi connectivity index (χ0) is 6.41. The summed E-state index contributed by atoms with van der Waals surface area (Å²) in [6.45, 7) is 2.51. The third kappa shape index (κ3) is 2.97. The van der Waals surface area contributed by atoms with Crippen molar-refractivity contribution in [2.45, 2.75) is 6.92 Å². The van der Waals surface area contributed by atoms with Gasteiger partial charge in [0, 0.05) is 6.54 Å². The van der Waals surface area contributed by atoms with Crippen molar-refractivity contribution in [2.24, 2.45) is 0 Å². The first-order chi connectivity index (χ1) is 3.81. The van der Waals surface area contributed by atoms with Crippen LogP contribution in [-0.4, -0.2) is 12.5 Å². The molecule has 0 saturated heterocycles. The van der Waals surface area contributed by atoms with E-state index in [0.717, 1.165) is 0 Å². The average molecular weight is 112 g/mol. The first-order valence-corrected chi connectivity index (χ1v) is 2.28. The first kappa shape index (κ1) is 6.76. The molecule has 0 atom stereocenters. The van der Waals surface area contributed by atoms with E-state index in [9.17, 15) is 0 Å². The summed E-state index contributed by atoms with van der Waals surface area (Å²) in [6, 6.07) is 0. The summed E-state index contributed by atoms with van der Waals surface area (Å²) >= 11 is 0. The molecule has 0 rings (SSSR count). The molecule has 0 aliphatic heterocycles. The van der Waals surface area contributed by atoms with Gasteiger partial charge in [-0.1, -0.05) is 0 Å². The van der Waals surface area contributed by atoms with Gasteiger partial charge in [-0.05, 0) is 6.92 Å². The van der Waals surface area contributed by atoms with Gasteiger partial charge in [-0.25, -0.2) is 0 Å². The molecule has 4 heteroatoms. The molecule has 0 aliphatic rings. The van der Waals surface area contributed by atoms with Crippen LogP contribution in [0.3, 0.4) is 0 Å². The fourth-order valence-electron chi connectivity index (χ4n) is 0.277. The van der Waals surface area contributed by atoms with Crippen LogP contribution < -0.4 is 10.6 Å². The van der Waals surface area contributed by atoms with Gasteiger partial charge < -0.3 is 5.32 Å². The summed E-state index contributed by atoms with van der Waals surface area (Å²) in [5.41, 5.74) is 0. The molecule has 0 aromatic carbocycles. The van der Waals surface area contributed by atoms with E-state index in [-0.39, 0.29) is 5.96 Å². The number of nitrogens with zero attached hydrogens (tertiary/aromatic N) is 1. The standard InChI is InChI=1S/C4H8N4/c1-2-7-4(6)8-3-5/h2H2,1H3,(H3,6,7,8). The van der Waals surface area contributed by atoms with E-state index in [0.29, 0.717) is 6.54 Å². The third-order valence-electron chi connectivity index (χ3n) is 0.534. The summed E-state index contributed by atoms with van der Waals surface area (Å²) in [6.07, 6.45) is 1.62. The summed E-state index contributed by atoms with van der Waals surface area (Å²) in [7, 11) is 0. The Balaban J connectivity index is 3.23. The summed E-state index contributed by atoms with van der Waals surface area (Å²) in [4.78, 5) is 0. The van der Waals surface area contributed by atoms with Crippen molar-refractivity contribution in [3.63, 3.8) is 0 Å². The minimum atomic E-state index is 0.0509. The van der Waals surface area contributed by atoms with E-state index in [4.69, 9.17) is 10.7 Å². The highest BCUT2D eigenvalue weighted by atomic mass is 15.1. The SMILES string of the molecule is CCNC(=N)NC#N. The molecule has 0 spiro atoms. The van der Waals surface area contributed by atoms with Crippen LogP contribution in [0.1, 0.15) is 6.92 Å².